The quantitative estimate of drug-likeness (QED) is 0.172. The Morgan fingerprint density at radius 1 is 0.739 bits per heavy atom. The van der Waals surface area contributed by atoms with Gasteiger partial charge in [-0.3, -0.25) is 14.5 Å². The standard InChI is InChI=1S/C41H35ClN2O2/c1-2-3-9-27-14-15-29-17-19-32-25-44(24-31-18-16-28-10-7-8-13-34(28)39(31)40(32)35(29)22-27)26-38(45)43-37-21-20-33(42)23-36(37)41(46)30-11-5-4-6-12-30/h4-8,10-23H,2-3,9,24-26H2,1H3,(H,43,45). The van der Waals surface area contributed by atoms with Crippen molar-refractivity contribution in [3.8, 4) is 11.1 Å². The van der Waals surface area contributed by atoms with Gasteiger partial charge in [0.15, 0.2) is 5.78 Å². The van der Waals surface area contributed by atoms with Gasteiger partial charge in [-0.05, 0) is 80.4 Å². The molecule has 0 spiro atoms. The van der Waals surface area contributed by atoms with Crippen LogP contribution < -0.4 is 5.32 Å². The number of halogens is 1. The molecule has 1 N–H and O–H groups in total. The first-order valence-electron chi connectivity index (χ1n) is 16.0. The van der Waals surface area contributed by atoms with Crippen LogP contribution in [-0.2, 0) is 24.3 Å². The van der Waals surface area contributed by atoms with E-state index in [2.05, 4.69) is 83.9 Å². The molecular formula is C41H35ClN2O2. The predicted molar refractivity (Wildman–Crippen MR) is 190 cm³/mol. The van der Waals surface area contributed by atoms with Crippen LogP contribution in [-0.4, -0.2) is 23.1 Å². The third-order valence-electron chi connectivity index (χ3n) is 8.95. The van der Waals surface area contributed by atoms with Gasteiger partial charge in [-0.25, -0.2) is 0 Å². The van der Waals surface area contributed by atoms with Crippen molar-refractivity contribution in [1.29, 1.82) is 0 Å². The summed E-state index contributed by atoms with van der Waals surface area (Å²) in [6.45, 7) is 3.64. The molecule has 5 heteroatoms. The van der Waals surface area contributed by atoms with Crippen molar-refractivity contribution >= 4 is 50.5 Å². The smallest absolute Gasteiger partial charge is 0.238 e. The van der Waals surface area contributed by atoms with Crippen molar-refractivity contribution in [2.45, 2.75) is 39.3 Å². The SMILES string of the molecule is CCCCc1ccc2ccc3c(c2c1)-c1c(ccc2ccccc12)CN(CC(=O)Nc1ccc(Cl)cc1C(=O)c1ccccc1)C3. The van der Waals surface area contributed by atoms with Crippen molar-refractivity contribution in [2.75, 3.05) is 11.9 Å². The van der Waals surface area contributed by atoms with E-state index in [1.54, 1.807) is 30.3 Å². The monoisotopic (exact) mass is 622 g/mol. The van der Waals surface area contributed by atoms with Gasteiger partial charge in [0.05, 0.1) is 12.2 Å². The number of benzene rings is 6. The van der Waals surface area contributed by atoms with E-state index in [1.807, 2.05) is 18.2 Å². The molecule has 7 rings (SSSR count). The molecule has 0 radical (unpaired) electrons. The number of aryl methyl sites for hydroxylation is 1. The Hall–Kier alpha value is -4.77. The maximum absolute atomic E-state index is 13.7. The van der Waals surface area contributed by atoms with E-state index in [-0.39, 0.29) is 18.2 Å². The highest BCUT2D eigenvalue weighted by atomic mass is 35.5. The van der Waals surface area contributed by atoms with Gasteiger partial charge in [0.2, 0.25) is 5.91 Å². The van der Waals surface area contributed by atoms with Crippen molar-refractivity contribution in [2.24, 2.45) is 0 Å². The number of carbonyl (C=O) groups is 2. The molecule has 0 saturated carbocycles. The molecule has 4 nitrogen and oxygen atoms in total. The zero-order valence-corrected chi connectivity index (χ0v) is 26.6. The summed E-state index contributed by atoms with van der Waals surface area (Å²) in [5.74, 6) is -0.369. The minimum atomic E-state index is -0.187. The molecule has 1 amide bonds. The summed E-state index contributed by atoms with van der Waals surface area (Å²) in [7, 11) is 0. The molecule has 0 saturated heterocycles. The van der Waals surface area contributed by atoms with Gasteiger partial charge in [-0.2, -0.15) is 0 Å². The lowest BCUT2D eigenvalue weighted by Crippen LogP contribution is -2.32. The molecule has 0 unspecified atom stereocenters. The van der Waals surface area contributed by atoms with Gasteiger partial charge < -0.3 is 5.32 Å². The molecule has 228 valence electrons. The number of hydrogen-bond donors (Lipinski definition) is 1. The largest absolute Gasteiger partial charge is 0.324 e. The van der Waals surface area contributed by atoms with E-state index in [9.17, 15) is 9.59 Å². The maximum Gasteiger partial charge on any atom is 0.238 e. The zero-order chi connectivity index (χ0) is 31.6. The predicted octanol–water partition coefficient (Wildman–Crippen LogP) is 9.84. The number of carbonyl (C=O) groups excluding carboxylic acids is 2. The minimum Gasteiger partial charge on any atom is -0.324 e. The first kappa shape index (κ1) is 29.9. The minimum absolute atomic E-state index is 0.169. The van der Waals surface area contributed by atoms with Crippen LogP contribution in [0, 0.1) is 0 Å². The Labute approximate surface area is 274 Å². The lowest BCUT2D eigenvalue weighted by atomic mass is 9.87. The lowest BCUT2D eigenvalue weighted by Gasteiger charge is -2.21. The number of anilines is 1. The molecule has 46 heavy (non-hydrogen) atoms. The van der Waals surface area contributed by atoms with E-state index in [0.29, 0.717) is 34.9 Å². The number of nitrogens with one attached hydrogen (secondary N) is 1. The number of rotatable bonds is 8. The maximum atomic E-state index is 13.7. The van der Waals surface area contributed by atoms with Crippen LogP contribution in [0.2, 0.25) is 5.02 Å². The summed E-state index contributed by atoms with van der Waals surface area (Å²) in [6, 6.07) is 38.4. The third-order valence-corrected chi connectivity index (χ3v) is 9.18. The highest BCUT2D eigenvalue weighted by Gasteiger charge is 2.25. The van der Waals surface area contributed by atoms with Gasteiger partial charge in [0, 0.05) is 29.2 Å². The van der Waals surface area contributed by atoms with Gasteiger partial charge in [0.25, 0.3) is 0 Å². The van der Waals surface area contributed by atoms with E-state index in [0.717, 1.165) is 19.3 Å². The Balaban J connectivity index is 1.25. The van der Waals surface area contributed by atoms with Crippen molar-refractivity contribution in [1.82, 2.24) is 4.90 Å². The Morgan fingerprint density at radius 3 is 2.17 bits per heavy atom. The fraction of sp³-hybridized carbons (Fsp3) is 0.171. The Morgan fingerprint density at radius 2 is 1.41 bits per heavy atom. The fourth-order valence-electron chi connectivity index (χ4n) is 6.72. The van der Waals surface area contributed by atoms with Gasteiger partial charge in [0.1, 0.15) is 0 Å². The number of amides is 1. The molecule has 1 aliphatic heterocycles. The molecule has 0 aromatic heterocycles. The highest BCUT2D eigenvalue weighted by molar-refractivity contribution is 6.31. The Bertz CT molecular complexity index is 2100. The van der Waals surface area contributed by atoms with Crippen LogP contribution in [0.25, 0.3) is 32.7 Å². The molecule has 0 fully saturated rings. The second kappa shape index (κ2) is 12.9. The summed E-state index contributed by atoms with van der Waals surface area (Å²) in [5.41, 5.74) is 7.64. The summed E-state index contributed by atoms with van der Waals surface area (Å²) in [5, 5.41) is 8.39. The summed E-state index contributed by atoms with van der Waals surface area (Å²) in [4.78, 5) is 29.3. The molecular weight excluding hydrogens is 588 g/mol. The highest BCUT2D eigenvalue weighted by Crippen LogP contribution is 2.42. The van der Waals surface area contributed by atoms with Crippen LogP contribution in [0.15, 0.2) is 115 Å². The van der Waals surface area contributed by atoms with E-state index >= 15 is 0 Å². The summed E-state index contributed by atoms with van der Waals surface area (Å²) in [6.07, 6.45) is 3.38. The van der Waals surface area contributed by atoms with Gasteiger partial charge in [-0.15, -0.1) is 0 Å². The molecule has 0 atom stereocenters. The van der Waals surface area contributed by atoms with Crippen LogP contribution in [0.5, 0.6) is 0 Å². The van der Waals surface area contributed by atoms with Crippen molar-refractivity contribution in [3.05, 3.63) is 148 Å². The normalized spacial score (nSPS) is 12.8. The summed E-state index contributed by atoms with van der Waals surface area (Å²) < 4.78 is 0. The van der Waals surface area contributed by atoms with E-state index in [4.69, 9.17) is 11.6 Å². The Kier molecular flexibility index (Phi) is 8.40. The van der Waals surface area contributed by atoms with Crippen molar-refractivity contribution < 1.29 is 9.59 Å². The third kappa shape index (κ3) is 5.94. The fourth-order valence-corrected chi connectivity index (χ4v) is 6.89. The lowest BCUT2D eigenvalue weighted by molar-refractivity contribution is -0.117. The molecule has 0 aliphatic carbocycles. The number of hydrogen-bond acceptors (Lipinski definition) is 3. The van der Waals surface area contributed by atoms with E-state index in [1.165, 1.54) is 49.4 Å². The zero-order valence-electron chi connectivity index (χ0n) is 25.9. The number of fused-ring (bicyclic) bond motifs is 7. The average Bonchev–Trinajstić information content (AvgIpc) is 3.24. The van der Waals surface area contributed by atoms with Gasteiger partial charge in [-0.1, -0.05) is 122 Å². The number of ketones is 1. The van der Waals surface area contributed by atoms with Gasteiger partial charge >= 0.3 is 0 Å². The molecule has 6 aromatic carbocycles. The summed E-state index contributed by atoms with van der Waals surface area (Å²) >= 11 is 6.30. The first-order chi connectivity index (χ1) is 22.5. The second-order valence-corrected chi connectivity index (χ2v) is 12.6. The molecule has 0 bridgehead atoms. The second-order valence-electron chi connectivity index (χ2n) is 12.2. The molecule has 1 heterocycles. The number of nitrogens with zero attached hydrogens (tertiary/aromatic N) is 1. The topological polar surface area (TPSA) is 49.4 Å². The van der Waals surface area contributed by atoms with Crippen molar-refractivity contribution in [3.63, 3.8) is 0 Å². The van der Waals surface area contributed by atoms with Crippen LogP contribution >= 0.6 is 11.6 Å². The first-order valence-corrected chi connectivity index (χ1v) is 16.3. The van der Waals surface area contributed by atoms with Crippen LogP contribution in [0.4, 0.5) is 5.69 Å². The van der Waals surface area contributed by atoms with E-state index < -0.39 is 0 Å². The van der Waals surface area contributed by atoms with Crippen LogP contribution in [0.1, 0.15) is 52.4 Å². The number of unbranched alkanes of at least 4 members (excludes halogenated alkanes) is 1. The average molecular weight is 623 g/mol. The molecule has 1 aliphatic rings. The molecule has 6 aromatic rings. The van der Waals surface area contributed by atoms with Crippen LogP contribution in [0.3, 0.4) is 0 Å².